The van der Waals surface area contributed by atoms with Crippen molar-refractivity contribution in [3.8, 4) is 0 Å². The molecule has 0 aliphatic carbocycles. The van der Waals surface area contributed by atoms with Crippen LogP contribution < -0.4 is 10.6 Å². The lowest BCUT2D eigenvalue weighted by molar-refractivity contribution is -0.143. The van der Waals surface area contributed by atoms with Gasteiger partial charge in [0, 0.05) is 18.5 Å². The number of ether oxygens (including phenoxy) is 3. The molecule has 2 N–H and O–H groups in total. The van der Waals surface area contributed by atoms with Crippen molar-refractivity contribution in [1.82, 2.24) is 10.6 Å². The smallest absolute Gasteiger partial charge is 0.408 e. The number of amides is 2. The monoisotopic (exact) mass is 438 g/mol. The lowest BCUT2D eigenvalue weighted by Gasteiger charge is -2.23. The fourth-order valence-corrected chi connectivity index (χ4v) is 2.28. The second-order valence-electron chi connectivity index (χ2n) is 6.66. The summed E-state index contributed by atoms with van der Waals surface area (Å²) in [6.45, 7) is 7.52. The Morgan fingerprint density at radius 2 is 1.85 bits per heavy atom. The summed E-state index contributed by atoms with van der Waals surface area (Å²) in [7, 11) is 1.20. The number of methoxy groups -OCH3 is 1. The summed E-state index contributed by atoms with van der Waals surface area (Å²) in [6, 6.07) is -1.06. The number of alkyl halides is 1. The summed E-state index contributed by atoms with van der Waals surface area (Å²) in [5.41, 5.74) is -0.706. The predicted octanol–water partition coefficient (Wildman–Crippen LogP) is 2.14. The molecule has 2 amide bonds. The van der Waals surface area contributed by atoms with Gasteiger partial charge in [-0.15, -0.1) is 0 Å². The van der Waals surface area contributed by atoms with Crippen LogP contribution >= 0.6 is 15.9 Å². The number of hydrogen-bond acceptors (Lipinski definition) is 6. The van der Waals surface area contributed by atoms with Gasteiger partial charge in [0.1, 0.15) is 17.7 Å². The van der Waals surface area contributed by atoms with Gasteiger partial charge in [0.15, 0.2) is 0 Å². The van der Waals surface area contributed by atoms with Gasteiger partial charge < -0.3 is 24.8 Å². The molecule has 0 spiro atoms. The molecule has 0 aromatic heterocycles. The van der Waals surface area contributed by atoms with E-state index in [4.69, 9.17) is 9.47 Å². The number of esters is 1. The highest BCUT2D eigenvalue weighted by molar-refractivity contribution is 9.09. The number of halogens is 1. The molecule has 0 saturated carbocycles. The van der Waals surface area contributed by atoms with Crippen LogP contribution in [0.15, 0.2) is 0 Å². The van der Waals surface area contributed by atoms with Crippen molar-refractivity contribution in [3.05, 3.63) is 0 Å². The van der Waals surface area contributed by atoms with Crippen LogP contribution in [0.2, 0.25) is 0 Å². The van der Waals surface area contributed by atoms with Crippen molar-refractivity contribution in [2.45, 2.75) is 64.7 Å². The number of alkyl carbamates (subject to hydrolysis) is 1. The van der Waals surface area contributed by atoms with Crippen LogP contribution in [0.3, 0.4) is 0 Å². The number of unbranched alkanes of at least 4 members (excludes halogenated alkanes) is 1. The Balaban J connectivity index is 4.72. The van der Waals surface area contributed by atoms with E-state index in [1.807, 2.05) is 6.92 Å². The normalized spacial score (nSPS) is 13.5. The minimum absolute atomic E-state index is 0.124. The molecule has 0 radical (unpaired) electrons. The standard InChI is InChI=1S/C17H31BrN2O6/c1-6-7-10-25-13(8-9-18)14(21)19-11-12(15(22)24-5)20-16(23)26-17(2,3)4/h12-13H,6-11H2,1-5H3,(H,19,21)(H,20,23)/t12-,13-/m0/s1. The van der Waals surface area contributed by atoms with Crippen LogP contribution in [-0.2, 0) is 23.8 Å². The van der Waals surface area contributed by atoms with E-state index in [1.165, 1.54) is 7.11 Å². The summed E-state index contributed by atoms with van der Waals surface area (Å²) in [5.74, 6) is -1.03. The largest absolute Gasteiger partial charge is 0.467 e. The maximum absolute atomic E-state index is 12.3. The number of rotatable bonds is 11. The fourth-order valence-electron chi connectivity index (χ4n) is 1.86. The van der Waals surface area contributed by atoms with Gasteiger partial charge >= 0.3 is 12.1 Å². The highest BCUT2D eigenvalue weighted by atomic mass is 79.9. The minimum Gasteiger partial charge on any atom is -0.467 e. The van der Waals surface area contributed by atoms with Crippen LogP contribution in [0.25, 0.3) is 0 Å². The zero-order valence-corrected chi connectivity index (χ0v) is 17.8. The summed E-state index contributed by atoms with van der Waals surface area (Å²) in [6.07, 6.45) is 0.932. The van der Waals surface area contributed by atoms with Gasteiger partial charge in [-0.2, -0.15) is 0 Å². The molecule has 0 aromatic carbocycles. The first-order valence-electron chi connectivity index (χ1n) is 8.67. The third-order valence-electron chi connectivity index (χ3n) is 3.14. The van der Waals surface area contributed by atoms with Gasteiger partial charge in [0.2, 0.25) is 5.91 Å². The molecular weight excluding hydrogens is 408 g/mol. The van der Waals surface area contributed by atoms with Gasteiger partial charge in [0.25, 0.3) is 0 Å². The molecule has 0 unspecified atom stereocenters. The maximum atomic E-state index is 12.3. The van der Waals surface area contributed by atoms with E-state index in [1.54, 1.807) is 20.8 Å². The molecule has 0 aromatic rings. The Labute approximate surface area is 163 Å². The van der Waals surface area contributed by atoms with Gasteiger partial charge in [-0.25, -0.2) is 9.59 Å². The van der Waals surface area contributed by atoms with Crippen LogP contribution in [-0.4, -0.2) is 61.3 Å². The lowest BCUT2D eigenvalue weighted by atomic mass is 10.2. The Kier molecular flexibility index (Phi) is 12.2. The minimum atomic E-state index is -1.06. The van der Waals surface area contributed by atoms with Crippen molar-refractivity contribution in [3.63, 3.8) is 0 Å². The van der Waals surface area contributed by atoms with Crippen LogP contribution in [0, 0.1) is 0 Å². The third-order valence-corrected chi connectivity index (χ3v) is 3.60. The Hall–Kier alpha value is -1.35. The Morgan fingerprint density at radius 1 is 1.19 bits per heavy atom. The van der Waals surface area contributed by atoms with E-state index >= 15 is 0 Å². The van der Waals surface area contributed by atoms with Gasteiger partial charge in [-0.3, -0.25) is 4.79 Å². The van der Waals surface area contributed by atoms with E-state index in [9.17, 15) is 14.4 Å². The van der Waals surface area contributed by atoms with E-state index < -0.39 is 29.8 Å². The molecule has 26 heavy (non-hydrogen) atoms. The molecular formula is C17H31BrN2O6. The van der Waals surface area contributed by atoms with Gasteiger partial charge in [0.05, 0.1) is 7.11 Å². The van der Waals surface area contributed by atoms with E-state index in [-0.39, 0.29) is 12.5 Å². The lowest BCUT2D eigenvalue weighted by Crippen LogP contribution is -2.51. The number of carbonyl (C=O) groups excluding carboxylic acids is 3. The average molecular weight is 439 g/mol. The molecule has 8 nitrogen and oxygen atoms in total. The summed E-state index contributed by atoms with van der Waals surface area (Å²) in [4.78, 5) is 36.0. The molecule has 0 aliphatic rings. The van der Waals surface area contributed by atoms with Crippen molar-refractivity contribution in [2.24, 2.45) is 0 Å². The third kappa shape index (κ3) is 11.3. The van der Waals surface area contributed by atoms with Crippen molar-refractivity contribution in [1.29, 1.82) is 0 Å². The van der Waals surface area contributed by atoms with Crippen molar-refractivity contribution >= 4 is 33.9 Å². The van der Waals surface area contributed by atoms with Crippen molar-refractivity contribution < 1.29 is 28.6 Å². The first-order chi connectivity index (χ1) is 12.1. The van der Waals surface area contributed by atoms with Gasteiger partial charge in [-0.05, 0) is 33.6 Å². The molecule has 9 heteroatoms. The first kappa shape index (κ1) is 24.7. The average Bonchev–Trinajstić information content (AvgIpc) is 2.55. The number of hydrogen-bond donors (Lipinski definition) is 2. The zero-order valence-electron chi connectivity index (χ0n) is 16.2. The Morgan fingerprint density at radius 3 is 2.35 bits per heavy atom. The molecule has 152 valence electrons. The quantitative estimate of drug-likeness (QED) is 0.291. The van der Waals surface area contributed by atoms with Crippen LogP contribution in [0.5, 0.6) is 0 Å². The molecule has 0 aliphatic heterocycles. The van der Waals surface area contributed by atoms with Crippen molar-refractivity contribution in [2.75, 3.05) is 25.6 Å². The molecule has 2 atom stereocenters. The summed E-state index contributed by atoms with van der Waals surface area (Å²) < 4.78 is 15.4. The van der Waals surface area contributed by atoms with Gasteiger partial charge in [-0.1, -0.05) is 29.3 Å². The van der Waals surface area contributed by atoms with E-state index in [0.29, 0.717) is 18.4 Å². The SMILES string of the molecule is CCCCO[C@@H](CCBr)C(=O)NC[C@H](NC(=O)OC(C)(C)C)C(=O)OC. The first-order valence-corrected chi connectivity index (χ1v) is 9.79. The number of nitrogens with one attached hydrogen (secondary N) is 2. The molecule has 0 heterocycles. The maximum Gasteiger partial charge on any atom is 0.408 e. The highest BCUT2D eigenvalue weighted by Crippen LogP contribution is 2.07. The predicted molar refractivity (Wildman–Crippen MR) is 101 cm³/mol. The molecule has 0 rings (SSSR count). The second-order valence-corrected chi connectivity index (χ2v) is 7.45. The molecule has 0 saturated heterocycles. The van der Waals surface area contributed by atoms with Crippen LogP contribution in [0.1, 0.15) is 47.0 Å². The number of carbonyl (C=O) groups is 3. The summed E-state index contributed by atoms with van der Waals surface area (Å²) >= 11 is 3.29. The van der Waals surface area contributed by atoms with Crippen LogP contribution in [0.4, 0.5) is 4.79 Å². The Bertz CT molecular complexity index is 453. The van der Waals surface area contributed by atoms with E-state index in [0.717, 1.165) is 12.8 Å². The van der Waals surface area contributed by atoms with E-state index in [2.05, 4.69) is 31.3 Å². The highest BCUT2D eigenvalue weighted by Gasteiger charge is 2.27. The topological polar surface area (TPSA) is 103 Å². The fraction of sp³-hybridized carbons (Fsp3) is 0.824. The summed E-state index contributed by atoms with van der Waals surface area (Å²) in [5, 5.41) is 5.63. The molecule has 0 fully saturated rings. The molecule has 0 bridgehead atoms. The zero-order chi connectivity index (χ0) is 20.2. The second kappa shape index (κ2) is 12.9.